The van der Waals surface area contributed by atoms with Crippen LogP contribution < -0.4 is 5.19 Å². The first-order valence-electron chi connectivity index (χ1n) is 10.3. The first-order chi connectivity index (χ1) is 12.1. The minimum atomic E-state index is -0.392. The Balaban J connectivity index is 3.03. The Morgan fingerprint density at radius 3 is 1.56 bits per heavy atom. The van der Waals surface area contributed by atoms with Crippen molar-refractivity contribution >= 4 is 20.3 Å². The van der Waals surface area contributed by atoms with Crippen LogP contribution >= 0.6 is 0 Å². The Morgan fingerprint density at radius 2 is 1.24 bits per heavy atom. The Morgan fingerprint density at radius 1 is 0.840 bits per heavy atom. The highest BCUT2D eigenvalue weighted by atomic mass is 28.2. The standard InChI is InChI=1S/C22H40N2Si/c1-7-15-23(16-8-2)22(24(17-9-3)18-10-4)25-21-13-11-20(12-14-21)19(5)6/h11-14,22H,5,7-10,15-18,25H2,1-4,6H3. The maximum Gasteiger partial charge on any atom is 0.0922 e. The summed E-state index contributed by atoms with van der Waals surface area (Å²) in [5.41, 5.74) is 2.43. The molecule has 0 aliphatic heterocycles. The second-order valence-corrected chi connectivity index (χ2v) is 9.19. The van der Waals surface area contributed by atoms with Gasteiger partial charge in [0.15, 0.2) is 0 Å². The normalized spacial score (nSPS) is 12.2. The molecule has 142 valence electrons. The molecule has 0 spiro atoms. The van der Waals surface area contributed by atoms with Crippen molar-refractivity contribution in [2.24, 2.45) is 0 Å². The van der Waals surface area contributed by atoms with Crippen LogP contribution in [0.25, 0.3) is 5.57 Å². The van der Waals surface area contributed by atoms with E-state index in [9.17, 15) is 0 Å². The summed E-state index contributed by atoms with van der Waals surface area (Å²) in [5, 5.41) is 1.57. The number of hydrogen-bond acceptors (Lipinski definition) is 2. The van der Waals surface area contributed by atoms with Crippen LogP contribution in [0.4, 0.5) is 0 Å². The van der Waals surface area contributed by atoms with E-state index >= 15 is 0 Å². The summed E-state index contributed by atoms with van der Waals surface area (Å²) < 4.78 is 0. The average Bonchev–Trinajstić information content (AvgIpc) is 2.60. The van der Waals surface area contributed by atoms with Crippen molar-refractivity contribution in [2.45, 2.75) is 66.1 Å². The molecule has 0 bridgehead atoms. The molecule has 0 saturated carbocycles. The van der Waals surface area contributed by atoms with Gasteiger partial charge in [0.05, 0.1) is 15.3 Å². The Kier molecular flexibility index (Phi) is 11.0. The van der Waals surface area contributed by atoms with Gasteiger partial charge in [-0.15, -0.1) is 0 Å². The molecule has 0 aliphatic rings. The predicted octanol–water partition coefficient (Wildman–Crippen LogP) is 4.04. The molecule has 0 N–H and O–H groups in total. The Hall–Kier alpha value is -0.903. The minimum absolute atomic E-state index is 0.392. The zero-order valence-corrected chi connectivity index (χ0v) is 18.8. The van der Waals surface area contributed by atoms with Crippen molar-refractivity contribution in [3.05, 3.63) is 36.4 Å². The van der Waals surface area contributed by atoms with Crippen LogP contribution in [-0.4, -0.2) is 51.3 Å². The maximum absolute atomic E-state index is 4.06. The average molecular weight is 361 g/mol. The lowest BCUT2D eigenvalue weighted by atomic mass is 10.1. The quantitative estimate of drug-likeness (QED) is 0.387. The molecule has 1 aromatic rings. The fraction of sp³-hybridized carbons (Fsp3) is 0.636. The SMILES string of the molecule is C=C(C)c1ccc([SiH2]C(N(CCC)CCC)N(CCC)CCC)cc1. The zero-order chi connectivity index (χ0) is 18.7. The van der Waals surface area contributed by atoms with Gasteiger partial charge in [-0.2, -0.15) is 0 Å². The van der Waals surface area contributed by atoms with Crippen LogP contribution in [0, 0.1) is 0 Å². The summed E-state index contributed by atoms with van der Waals surface area (Å²) in [5.74, 6) is 0.649. The summed E-state index contributed by atoms with van der Waals surface area (Å²) in [6, 6.07) is 9.23. The van der Waals surface area contributed by atoms with Crippen molar-refractivity contribution in [2.75, 3.05) is 26.2 Å². The Labute approximate surface area is 159 Å². The van der Waals surface area contributed by atoms with E-state index in [0.29, 0.717) is 5.79 Å². The van der Waals surface area contributed by atoms with E-state index in [4.69, 9.17) is 0 Å². The second-order valence-electron chi connectivity index (χ2n) is 7.23. The molecule has 0 unspecified atom stereocenters. The van der Waals surface area contributed by atoms with Gasteiger partial charge < -0.3 is 0 Å². The molecule has 0 amide bonds. The molecule has 0 heterocycles. The van der Waals surface area contributed by atoms with Crippen molar-refractivity contribution in [1.82, 2.24) is 9.80 Å². The largest absolute Gasteiger partial charge is 0.291 e. The topological polar surface area (TPSA) is 6.48 Å². The molecule has 1 rings (SSSR count). The van der Waals surface area contributed by atoms with Crippen molar-refractivity contribution in [3.63, 3.8) is 0 Å². The van der Waals surface area contributed by atoms with Crippen LogP contribution in [0.2, 0.25) is 0 Å². The lowest BCUT2D eigenvalue weighted by Gasteiger charge is -2.40. The molecule has 0 aliphatic carbocycles. The molecular weight excluding hydrogens is 320 g/mol. The zero-order valence-electron chi connectivity index (χ0n) is 17.4. The van der Waals surface area contributed by atoms with E-state index in [0.717, 1.165) is 5.57 Å². The number of rotatable bonds is 13. The highest BCUT2D eigenvalue weighted by Crippen LogP contribution is 2.12. The fourth-order valence-electron chi connectivity index (χ4n) is 3.59. The summed E-state index contributed by atoms with van der Waals surface area (Å²) in [4.78, 5) is 5.54. The summed E-state index contributed by atoms with van der Waals surface area (Å²) in [7, 11) is -0.392. The van der Waals surface area contributed by atoms with Gasteiger partial charge in [0.25, 0.3) is 0 Å². The number of allylic oxidation sites excluding steroid dienone is 1. The molecule has 0 saturated heterocycles. The van der Waals surface area contributed by atoms with Crippen LogP contribution in [0.5, 0.6) is 0 Å². The van der Waals surface area contributed by atoms with Gasteiger partial charge in [0.2, 0.25) is 0 Å². The Bertz CT molecular complexity index is 455. The summed E-state index contributed by atoms with van der Waals surface area (Å²) >= 11 is 0. The van der Waals surface area contributed by atoms with Crippen LogP contribution in [0.1, 0.15) is 65.9 Å². The van der Waals surface area contributed by atoms with Crippen LogP contribution in [-0.2, 0) is 0 Å². The van der Waals surface area contributed by atoms with E-state index in [2.05, 4.69) is 75.3 Å². The van der Waals surface area contributed by atoms with E-state index in [-0.39, 0.29) is 0 Å². The van der Waals surface area contributed by atoms with Gasteiger partial charge in [-0.25, -0.2) is 0 Å². The lowest BCUT2D eigenvalue weighted by Crippen LogP contribution is -2.55. The summed E-state index contributed by atoms with van der Waals surface area (Å²) in [6.07, 6.45) is 4.97. The van der Waals surface area contributed by atoms with Crippen molar-refractivity contribution in [1.29, 1.82) is 0 Å². The maximum atomic E-state index is 4.06. The molecule has 2 nitrogen and oxygen atoms in total. The smallest absolute Gasteiger partial charge is 0.0922 e. The first-order valence-corrected chi connectivity index (χ1v) is 11.8. The van der Waals surface area contributed by atoms with E-state index in [1.165, 1.54) is 57.4 Å². The highest BCUT2D eigenvalue weighted by molar-refractivity contribution is 6.54. The number of hydrogen-bond donors (Lipinski definition) is 0. The molecule has 0 fully saturated rings. The van der Waals surface area contributed by atoms with E-state index in [1.54, 1.807) is 5.19 Å². The third-order valence-electron chi connectivity index (χ3n) is 4.75. The third kappa shape index (κ3) is 7.47. The van der Waals surface area contributed by atoms with Gasteiger partial charge in [-0.1, -0.05) is 69.3 Å². The van der Waals surface area contributed by atoms with Gasteiger partial charge in [-0.3, -0.25) is 9.80 Å². The van der Waals surface area contributed by atoms with Gasteiger partial charge in [0, 0.05) is 0 Å². The van der Waals surface area contributed by atoms with E-state index < -0.39 is 9.52 Å². The van der Waals surface area contributed by atoms with E-state index in [1.807, 2.05) is 0 Å². The van der Waals surface area contributed by atoms with Crippen LogP contribution in [0.3, 0.4) is 0 Å². The second kappa shape index (κ2) is 12.5. The monoisotopic (exact) mass is 360 g/mol. The lowest BCUT2D eigenvalue weighted by molar-refractivity contribution is 0.0962. The number of nitrogens with zero attached hydrogens (tertiary/aromatic N) is 2. The highest BCUT2D eigenvalue weighted by Gasteiger charge is 2.24. The first kappa shape index (κ1) is 22.1. The predicted molar refractivity (Wildman–Crippen MR) is 117 cm³/mol. The number of benzene rings is 1. The van der Waals surface area contributed by atoms with Gasteiger partial charge >= 0.3 is 0 Å². The molecule has 0 radical (unpaired) electrons. The fourth-order valence-corrected chi connectivity index (χ4v) is 5.77. The molecule has 25 heavy (non-hydrogen) atoms. The molecule has 3 heteroatoms. The van der Waals surface area contributed by atoms with Crippen molar-refractivity contribution in [3.8, 4) is 0 Å². The third-order valence-corrected chi connectivity index (χ3v) is 7.09. The van der Waals surface area contributed by atoms with Gasteiger partial charge in [0.1, 0.15) is 0 Å². The molecule has 1 aromatic carbocycles. The van der Waals surface area contributed by atoms with Gasteiger partial charge in [-0.05, 0) is 64.3 Å². The minimum Gasteiger partial charge on any atom is -0.291 e. The molecular formula is C22H40N2Si. The molecule has 0 aromatic heterocycles. The van der Waals surface area contributed by atoms with Crippen LogP contribution in [0.15, 0.2) is 30.8 Å². The molecule has 0 atom stereocenters. The van der Waals surface area contributed by atoms with Crippen molar-refractivity contribution < 1.29 is 0 Å². The summed E-state index contributed by atoms with van der Waals surface area (Å²) in [6.45, 7) is 20.3.